The van der Waals surface area contributed by atoms with Gasteiger partial charge < -0.3 is 20.1 Å². The van der Waals surface area contributed by atoms with E-state index in [1.165, 1.54) is 12.8 Å². The van der Waals surface area contributed by atoms with Crippen LogP contribution < -0.4 is 5.32 Å². The van der Waals surface area contributed by atoms with Crippen molar-refractivity contribution in [2.45, 2.75) is 168 Å². The fourth-order valence-corrected chi connectivity index (χ4v) is 6.06. The summed E-state index contributed by atoms with van der Waals surface area (Å²) in [7, 11) is -4.43. The molecule has 0 aliphatic heterocycles. The number of carbonyl (C=O) groups is 2. The molecule has 0 saturated heterocycles. The highest BCUT2D eigenvalue weighted by Gasteiger charge is 2.23. The Morgan fingerprint density at radius 2 is 1.02 bits per heavy atom. The molecule has 0 aromatic carbocycles. The topological polar surface area (TPSA) is 131 Å². The van der Waals surface area contributed by atoms with Gasteiger partial charge in [-0.2, -0.15) is 0 Å². The van der Waals surface area contributed by atoms with Crippen LogP contribution >= 0.6 is 7.82 Å². The second kappa shape index (κ2) is 41.8. The standard InChI is InChI=1S/C46H78NO8P/c1-3-5-7-9-11-13-15-17-19-20-21-22-23-24-25-26-28-30-32-34-36-38-45(49)47-40-41-54-56(51,52)55-43-44(48)42-53-46(50)39-37-35-33-31-29-27-18-16-14-12-10-8-6-4-2/h5,7,10-13,16-19,21-22,24-25,44,48H,3-4,6,8-9,14-15,20,23,26-43H2,1-2H3,(H,47,49)(H,51,52)/b7-5-,12-10-,13-11-,18-16-,19-17-,22-21-,25-24-. The molecule has 2 atom stereocenters. The zero-order valence-corrected chi connectivity index (χ0v) is 35.9. The zero-order valence-electron chi connectivity index (χ0n) is 35.0. The second-order valence-corrected chi connectivity index (χ2v) is 15.4. The SMILES string of the molecule is CC/C=C\C/C=C\C/C=C\C/C=C\C/C=C\CCCCCCCC(=O)NCCOP(=O)(O)OCC(O)COC(=O)CCCCCCC/C=C\C/C=C\CCCC. The minimum Gasteiger partial charge on any atom is -0.463 e. The molecule has 0 aliphatic carbocycles. The molecular weight excluding hydrogens is 725 g/mol. The van der Waals surface area contributed by atoms with Crippen LogP contribution in [0.2, 0.25) is 0 Å². The summed E-state index contributed by atoms with van der Waals surface area (Å²) < 4.78 is 26.8. The fourth-order valence-electron chi connectivity index (χ4n) is 5.30. The van der Waals surface area contributed by atoms with Crippen LogP contribution in [0.4, 0.5) is 0 Å². The van der Waals surface area contributed by atoms with Crippen LogP contribution in [0, 0.1) is 0 Å². The molecule has 1 amide bonds. The molecule has 320 valence electrons. The highest BCUT2D eigenvalue weighted by atomic mass is 31.2. The third-order valence-electron chi connectivity index (χ3n) is 8.56. The molecule has 9 nitrogen and oxygen atoms in total. The fraction of sp³-hybridized carbons (Fsp3) is 0.652. The number of carbonyl (C=O) groups excluding carboxylic acids is 2. The maximum absolute atomic E-state index is 12.1. The van der Waals surface area contributed by atoms with Crippen molar-refractivity contribution in [2.24, 2.45) is 0 Å². The van der Waals surface area contributed by atoms with Gasteiger partial charge in [-0.15, -0.1) is 0 Å². The van der Waals surface area contributed by atoms with E-state index in [9.17, 15) is 24.2 Å². The number of esters is 1. The van der Waals surface area contributed by atoms with Crippen LogP contribution in [0.15, 0.2) is 85.1 Å². The number of phosphoric ester groups is 1. The molecule has 0 radical (unpaired) electrons. The number of aliphatic hydroxyl groups excluding tert-OH is 1. The zero-order chi connectivity index (χ0) is 41.1. The van der Waals surface area contributed by atoms with E-state index >= 15 is 0 Å². The average Bonchev–Trinajstić information content (AvgIpc) is 3.18. The van der Waals surface area contributed by atoms with E-state index in [2.05, 4.69) is 104 Å². The van der Waals surface area contributed by atoms with Crippen LogP contribution in [-0.4, -0.2) is 54.3 Å². The third-order valence-corrected chi connectivity index (χ3v) is 9.54. The smallest absolute Gasteiger partial charge is 0.463 e. The van der Waals surface area contributed by atoms with Crippen LogP contribution in [0.5, 0.6) is 0 Å². The lowest BCUT2D eigenvalue weighted by molar-refractivity contribution is -0.147. The van der Waals surface area contributed by atoms with Gasteiger partial charge in [0, 0.05) is 19.4 Å². The van der Waals surface area contributed by atoms with Gasteiger partial charge in [-0.3, -0.25) is 18.6 Å². The Bertz CT molecular complexity index is 1190. The molecule has 0 bridgehead atoms. The average molecular weight is 804 g/mol. The van der Waals surface area contributed by atoms with Crippen molar-refractivity contribution in [1.29, 1.82) is 0 Å². The van der Waals surface area contributed by atoms with Crippen molar-refractivity contribution in [1.82, 2.24) is 5.32 Å². The number of hydrogen-bond donors (Lipinski definition) is 3. The third kappa shape index (κ3) is 42.3. The van der Waals surface area contributed by atoms with E-state index in [-0.39, 0.29) is 32.1 Å². The Morgan fingerprint density at radius 3 is 1.54 bits per heavy atom. The predicted octanol–water partition coefficient (Wildman–Crippen LogP) is 12.0. The number of ether oxygens (including phenoxy) is 1. The quantitative estimate of drug-likeness (QED) is 0.0242. The van der Waals surface area contributed by atoms with E-state index in [1.54, 1.807) is 0 Å². The van der Waals surface area contributed by atoms with Crippen LogP contribution in [0.25, 0.3) is 0 Å². The van der Waals surface area contributed by atoms with Gasteiger partial charge in [-0.25, -0.2) is 4.57 Å². The van der Waals surface area contributed by atoms with Crippen molar-refractivity contribution in [3.05, 3.63) is 85.1 Å². The Balaban J connectivity index is 3.68. The maximum Gasteiger partial charge on any atom is 0.472 e. The summed E-state index contributed by atoms with van der Waals surface area (Å²) in [4.78, 5) is 33.9. The Hall–Kier alpha value is -2.81. The summed E-state index contributed by atoms with van der Waals surface area (Å²) in [6.45, 7) is 3.33. The first-order chi connectivity index (χ1) is 27.3. The molecule has 56 heavy (non-hydrogen) atoms. The van der Waals surface area contributed by atoms with Crippen molar-refractivity contribution in [3.63, 3.8) is 0 Å². The minimum atomic E-state index is -4.43. The lowest BCUT2D eigenvalue weighted by atomic mass is 10.1. The van der Waals surface area contributed by atoms with Gasteiger partial charge in [0.15, 0.2) is 0 Å². The van der Waals surface area contributed by atoms with Crippen LogP contribution in [0.3, 0.4) is 0 Å². The van der Waals surface area contributed by atoms with E-state index in [0.29, 0.717) is 12.8 Å². The summed E-state index contributed by atoms with van der Waals surface area (Å²) >= 11 is 0. The lowest BCUT2D eigenvalue weighted by Gasteiger charge is -2.15. The molecule has 10 heteroatoms. The second-order valence-electron chi connectivity index (χ2n) is 13.9. The van der Waals surface area contributed by atoms with Gasteiger partial charge in [0.25, 0.3) is 0 Å². The van der Waals surface area contributed by atoms with Crippen molar-refractivity contribution >= 4 is 19.7 Å². The maximum atomic E-state index is 12.1. The molecule has 0 aliphatic rings. The summed E-state index contributed by atoms with van der Waals surface area (Å²) in [5.74, 6) is -0.557. The molecule has 0 spiro atoms. The number of phosphoric acid groups is 1. The highest BCUT2D eigenvalue weighted by molar-refractivity contribution is 7.47. The van der Waals surface area contributed by atoms with Gasteiger partial charge in [-0.05, 0) is 83.5 Å². The first-order valence-electron chi connectivity index (χ1n) is 21.6. The van der Waals surface area contributed by atoms with Gasteiger partial charge >= 0.3 is 13.8 Å². The van der Waals surface area contributed by atoms with Gasteiger partial charge in [0.1, 0.15) is 12.7 Å². The number of hydrogen-bond acceptors (Lipinski definition) is 7. The monoisotopic (exact) mass is 804 g/mol. The van der Waals surface area contributed by atoms with E-state index < -0.39 is 26.5 Å². The first kappa shape index (κ1) is 53.2. The molecule has 0 heterocycles. The normalized spacial score (nSPS) is 14.1. The Labute approximate surface area is 341 Å². The number of nitrogens with one attached hydrogen (secondary N) is 1. The lowest BCUT2D eigenvalue weighted by Crippen LogP contribution is -2.27. The highest BCUT2D eigenvalue weighted by Crippen LogP contribution is 2.42. The van der Waals surface area contributed by atoms with Gasteiger partial charge in [0.2, 0.25) is 5.91 Å². The number of amides is 1. The molecule has 0 aromatic rings. The van der Waals surface area contributed by atoms with Crippen LogP contribution in [0.1, 0.15) is 162 Å². The minimum absolute atomic E-state index is 0.0638. The predicted molar refractivity (Wildman–Crippen MR) is 233 cm³/mol. The molecule has 3 N–H and O–H groups in total. The summed E-state index contributed by atoms with van der Waals surface area (Å²) in [6, 6.07) is 0. The van der Waals surface area contributed by atoms with E-state index in [4.69, 9.17) is 13.8 Å². The van der Waals surface area contributed by atoms with Gasteiger partial charge in [-0.1, -0.05) is 150 Å². The number of allylic oxidation sites excluding steroid dienone is 14. The summed E-state index contributed by atoms with van der Waals surface area (Å²) in [5, 5.41) is 12.7. The molecular formula is C46H78NO8P. The van der Waals surface area contributed by atoms with E-state index in [1.807, 2.05) is 0 Å². The number of aliphatic hydroxyl groups is 1. The van der Waals surface area contributed by atoms with Crippen molar-refractivity contribution in [3.8, 4) is 0 Å². The summed E-state index contributed by atoms with van der Waals surface area (Å²) in [6.07, 6.45) is 52.2. The Morgan fingerprint density at radius 1 is 0.571 bits per heavy atom. The number of unbranched alkanes of at least 4 members (excludes halogenated alkanes) is 12. The molecule has 2 unspecified atom stereocenters. The summed E-state index contributed by atoms with van der Waals surface area (Å²) in [5.41, 5.74) is 0. The molecule has 0 aromatic heterocycles. The largest absolute Gasteiger partial charge is 0.472 e. The number of rotatable bonds is 39. The molecule has 0 rings (SSSR count). The molecule has 0 saturated carbocycles. The van der Waals surface area contributed by atoms with Crippen molar-refractivity contribution < 1.29 is 37.9 Å². The van der Waals surface area contributed by atoms with Crippen LogP contribution in [-0.2, 0) is 27.9 Å². The Kier molecular flexibility index (Phi) is 39.7. The first-order valence-corrected chi connectivity index (χ1v) is 23.1. The molecule has 0 fully saturated rings. The van der Waals surface area contributed by atoms with E-state index in [0.717, 1.165) is 116 Å². The van der Waals surface area contributed by atoms with Crippen molar-refractivity contribution in [2.75, 3.05) is 26.4 Å². The van der Waals surface area contributed by atoms with Gasteiger partial charge in [0.05, 0.1) is 13.2 Å².